The van der Waals surface area contributed by atoms with E-state index in [2.05, 4.69) is 6.92 Å². The third kappa shape index (κ3) is 10.7. The molecule has 0 aromatic heterocycles. The van der Waals surface area contributed by atoms with Crippen LogP contribution >= 0.6 is 0 Å². The molecule has 2 unspecified atom stereocenters. The Labute approximate surface area is 180 Å². The lowest BCUT2D eigenvalue weighted by molar-refractivity contribution is -0.147. The van der Waals surface area contributed by atoms with Crippen molar-refractivity contribution in [1.29, 1.82) is 0 Å². The molecule has 5 N–H and O–H groups in total. The summed E-state index contributed by atoms with van der Waals surface area (Å²) in [6, 6.07) is 0. The lowest BCUT2D eigenvalue weighted by atomic mass is 9.89. The molecule has 0 aromatic rings. The maximum atomic E-state index is 11.5. The van der Waals surface area contributed by atoms with Crippen LogP contribution in [0.4, 0.5) is 0 Å². The number of carbonyl (C=O) groups is 1. The minimum Gasteiger partial charge on any atom is -0.463 e. The van der Waals surface area contributed by atoms with Crippen LogP contribution in [0, 0.1) is 11.8 Å². The Morgan fingerprint density at radius 2 is 1.90 bits per heavy atom. The lowest BCUT2D eigenvalue weighted by Crippen LogP contribution is -2.21. The van der Waals surface area contributed by atoms with Gasteiger partial charge in [0, 0.05) is 18.8 Å². The molecule has 6 atom stereocenters. The topological polar surface area (TPSA) is 127 Å². The summed E-state index contributed by atoms with van der Waals surface area (Å²) in [5, 5.41) is 48.4. The number of hydrogen-bond acceptors (Lipinski definition) is 7. The molecule has 0 radical (unpaired) electrons. The quantitative estimate of drug-likeness (QED) is 0.153. The number of aliphatic hydroxyl groups excluding tert-OH is 5. The molecule has 0 saturated heterocycles. The van der Waals surface area contributed by atoms with E-state index in [1.54, 1.807) is 6.08 Å². The monoisotopic (exact) mass is 428 g/mol. The van der Waals surface area contributed by atoms with E-state index in [0.29, 0.717) is 32.1 Å². The molecule has 0 spiro atoms. The van der Waals surface area contributed by atoms with Crippen molar-refractivity contribution in [3.8, 4) is 0 Å². The maximum absolute atomic E-state index is 11.5. The number of esters is 1. The maximum Gasteiger partial charge on any atom is 0.305 e. The molecule has 1 aliphatic carbocycles. The highest BCUT2D eigenvalue weighted by Gasteiger charge is 2.39. The second-order valence-electron chi connectivity index (χ2n) is 8.18. The average molecular weight is 429 g/mol. The molecule has 174 valence electrons. The molecule has 0 bridgehead atoms. The molecule has 0 amide bonds. The normalized spacial score (nSPS) is 26.5. The van der Waals surface area contributed by atoms with E-state index in [1.807, 2.05) is 18.2 Å². The standard InChI is InChI=1S/C23H40O7/c1-2-3-6-9-17(25)12-13-20-19(21(27)14-22(20)28)10-7-4-5-8-11-23(29)30-16-18(26)15-24/h4,7,12-13,17-22,24-28H,2-3,5-6,8-11,14-16H2,1H3/b7-4-,13-12+/t17-,18?,19+,20?,21-,22+/m0/s1. The van der Waals surface area contributed by atoms with E-state index in [1.165, 1.54) is 0 Å². The lowest BCUT2D eigenvalue weighted by Gasteiger charge is -2.19. The van der Waals surface area contributed by atoms with Crippen LogP contribution in [0.25, 0.3) is 0 Å². The fourth-order valence-electron chi connectivity index (χ4n) is 3.71. The molecule has 30 heavy (non-hydrogen) atoms. The van der Waals surface area contributed by atoms with Gasteiger partial charge in [-0.15, -0.1) is 0 Å². The highest BCUT2D eigenvalue weighted by molar-refractivity contribution is 5.69. The summed E-state index contributed by atoms with van der Waals surface area (Å²) in [6.07, 6.45) is 11.1. The summed E-state index contributed by atoms with van der Waals surface area (Å²) in [4.78, 5) is 11.5. The summed E-state index contributed by atoms with van der Waals surface area (Å²) in [5.41, 5.74) is 0. The average Bonchev–Trinajstić information content (AvgIpc) is 2.99. The zero-order valence-corrected chi connectivity index (χ0v) is 18.1. The number of allylic oxidation sites excluding steroid dienone is 2. The first-order valence-corrected chi connectivity index (χ1v) is 11.2. The van der Waals surface area contributed by atoms with Crippen molar-refractivity contribution >= 4 is 5.97 Å². The smallest absolute Gasteiger partial charge is 0.305 e. The molecule has 1 fully saturated rings. The Morgan fingerprint density at radius 3 is 2.60 bits per heavy atom. The molecular formula is C23H40O7. The minimum absolute atomic E-state index is 0.0970. The van der Waals surface area contributed by atoms with Gasteiger partial charge in [0.05, 0.1) is 24.9 Å². The Kier molecular flexibility index (Phi) is 13.9. The van der Waals surface area contributed by atoms with Crippen molar-refractivity contribution in [2.24, 2.45) is 11.8 Å². The number of rotatable bonds is 15. The van der Waals surface area contributed by atoms with Crippen LogP contribution in [0.15, 0.2) is 24.3 Å². The minimum atomic E-state index is -1.04. The first-order chi connectivity index (χ1) is 14.4. The molecule has 0 aromatic carbocycles. The molecule has 1 rings (SSSR count). The van der Waals surface area contributed by atoms with Crippen molar-refractivity contribution < 1.29 is 35.1 Å². The number of hydrogen-bond donors (Lipinski definition) is 5. The predicted octanol–water partition coefficient (Wildman–Crippen LogP) is 1.85. The van der Waals surface area contributed by atoms with Crippen LogP contribution in [0.1, 0.15) is 64.7 Å². The summed E-state index contributed by atoms with van der Waals surface area (Å²) in [5.74, 6) is -0.688. The van der Waals surface area contributed by atoms with Gasteiger partial charge in [0.15, 0.2) is 0 Å². The fraction of sp³-hybridized carbons (Fsp3) is 0.783. The Bertz CT molecular complexity index is 520. The number of unbranched alkanes of at least 4 members (excludes halogenated alkanes) is 3. The second-order valence-corrected chi connectivity index (χ2v) is 8.18. The SMILES string of the molecule is CCCCC[C@H](O)/C=C/C1[C@H](O)C[C@H](O)[C@@H]1C/C=C\CCCC(=O)OCC(O)CO. The van der Waals surface area contributed by atoms with Crippen LogP contribution in [-0.2, 0) is 9.53 Å². The van der Waals surface area contributed by atoms with E-state index in [-0.39, 0.29) is 24.9 Å². The van der Waals surface area contributed by atoms with Gasteiger partial charge < -0.3 is 30.3 Å². The first-order valence-electron chi connectivity index (χ1n) is 11.2. The van der Waals surface area contributed by atoms with Gasteiger partial charge in [-0.25, -0.2) is 0 Å². The summed E-state index contributed by atoms with van der Waals surface area (Å²) in [7, 11) is 0. The van der Waals surface area contributed by atoms with Gasteiger partial charge in [-0.2, -0.15) is 0 Å². The number of ether oxygens (including phenoxy) is 1. The second kappa shape index (κ2) is 15.5. The van der Waals surface area contributed by atoms with E-state index in [4.69, 9.17) is 14.9 Å². The van der Waals surface area contributed by atoms with E-state index < -0.39 is 37.0 Å². The number of aliphatic hydroxyl groups is 5. The van der Waals surface area contributed by atoms with Crippen LogP contribution in [-0.4, -0.2) is 69.1 Å². The molecule has 0 heterocycles. The molecule has 1 aliphatic rings. The van der Waals surface area contributed by atoms with Gasteiger partial charge in [0.1, 0.15) is 12.7 Å². The van der Waals surface area contributed by atoms with Crippen molar-refractivity contribution in [2.75, 3.05) is 13.2 Å². The first kappa shape index (κ1) is 26.8. The molecular weight excluding hydrogens is 388 g/mol. The van der Waals surface area contributed by atoms with Crippen molar-refractivity contribution in [3.63, 3.8) is 0 Å². The predicted molar refractivity (Wildman–Crippen MR) is 115 cm³/mol. The largest absolute Gasteiger partial charge is 0.463 e. The van der Waals surface area contributed by atoms with E-state index >= 15 is 0 Å². The molecule has 7 nitrogen and oxygen atoms in total. The third-order valence-corrected chi connectivity index (χ3v) is 5.55. The van der Waals surface area contributed by atoms with Crippen LogP contribution in [0.3, 0.4) is 0 Å². The van der Waals surface area contributed by atoms with E-state index in [9.17, 15) is 20.1 Å². The highest BCUT2D eigenvalue weighted by Crippen LogP contribution is 2.36. The van der Waals surface area contributed by atoms with Crippen LogP contribution < -0.4 is 0 Å². The number of carbonyl (C=O) groups excluding carboxylic acids is 1. The van der Waals surface area contributed by atoms with Gasteiger partial charge in [-0.3, -0.25) is 4.79 Å². The van der Waals surface area contributed by atoms with Crippen molar-refractivity contribution in [1.82, 2.24) is 0 Å². The van der Waals surface area contributed by atoms with Crippen molar-refractivity contribution in [2.45, 2.75) is 89.1 Å². The Balaban J connectivity index is 2.36. The molecule has 7 heteroatoms. The zero-order chi connectivity index (χ0) is 22.4. The summed E-state index contributed by atoms with van der Waals surface area (Å²) < 4.78 is 4.84. The molecule has 0 aliphatic heterocycles. The van der Waals surface area contributed by atoms with Gasteiger partial charge in [0.25, 0.3) is 0 Å². The van der Waals surface area contributed by atoms with Gasteiger partial charge >= 0.3 is 5.97 Å². The Hall–Kier alpha value is -1.25. The van der Waals surface area contributed by atoms with Gasteiger partial charge in [-0.1, -0.05) is 50.5 Å². The van der Waals surface area contributed by atoms with Crippen LogP contribution in [0.5, 0.6) is 0 Å². The van der Waals surface area contributed by atoms with Gasteiger partial charge in [-0.05, 0) is 31.6 Å². The third-order valence-electron chi connectivity index (χ3n) is 5.55. The van der Waals surface area contributed by atoms with Gasteiger partial charge in [0.2, 0.25) is 0 Å². The van der Waals surface area contributed by atoms with Crippen molar-refractivity contribution in [3.05, 3.63) is 24.3 Å². The van der Waals surface area contributed by atoms with E-state index in [0.717, 1.165) is 19.3 Å². The zero-order valence-electron chi connectivity index (χ0n) is 18.1. The fourth-order valence-corrected chi connectivity index (χ4v) is 3.71. The highest BCUT2D eigenvalue weighted by atomic mass is 16.5. The summed E-state index contributed by atoms with van der Waals surface area (Å²) >= 11 is 0. The molecule has 1 saturated carbocycles. The summed E-state index contributed by atoms with van der Waals surface area (Å²) in [6.45, 7) is 1.48. The Morgan fingerprint density at radius 1 is 1.13 bits per heavy atom. The van der Waals surface area contributed by atoms with Crippen LogP contribution in [0.2, 0.25) is 0 Å².